The first-order chi connectivity index (χ1) is 5.38. The van der Waals surface area contributed by atoms with E-state index in [-0.39, 0.29) is 0 Å². The lowest BCUT2D eigenvalue weighted by atomic mass is 10.2. The fourth-order valence-electron chi connectivity index (χ4n) is 0.740. The van der Waals surface area contributed by atoms with E-state index < -0.39 is 6.17 Å². The highest BCUT2D eigenvalue weighted by Crippen LogP contribution is 2.06. The molecule has 1 heterocycles. The van der Waals surface area contributed by atoms with Gasteiger partial charge in [0.2, 0.25) is 0 Å². The summed E-state index contributed by atoms with van der Waals surface area (Å²) in [5.41, 5.74) is 0.502. The Labute approximate surface area is 63.9 Å². The summed E-state index contributed by atoms with van der Waals surface area (Å²) < 4.78 is 0. The molecule has 0 radical (unpaired) electrons. The van der Waals surface area contributed by atoms with Crippen LogP contribution in [0.25, 0.3) is 0 Å². The van der Waals surface area contributed by atoms with Gasteiger partial charge in [-0.2, -0.15) is 5.26 Å². The van der Waals surface area contributed by atoms with Gasteiger partial charge in [0.05, 0.1) is 11.6 Å². The molecule has 0 aliphatic carbocycles. The van der Waals surface area contributed by atoms with Gasteiger partial charge in [0.25, 0.3) is 0 Å². The lowest BCUT2D eigenvalue weighted by molar-refractivity contribution is 0.656. The summed E-state index contributed by atoms with van der Waals surface area (Å²) in [5, 5.41) is 18.0. The Kier molecular flexibility index (Phi) is 2.23. The minimum Gasteiger partial charge on any atom is -0.364 e. The Hall–Kier alpha value is -1.83. The van der Waals surface area contributed by atoms with E-state index in [1.54, 1.807) is 18.4 Å². The monoisotopic (exact) mass is 149 g/mol. The van der Waals surface area contributed by atoms with Crippen LogP contribution < -0.4 is 11.2 Å². The molecule has 1 rings (SSSR count). The minimum atomic E-state index is -0.421. The average molecular weight is 149 g/mol. The predicted octanol–water partition coefficient (Wildman–Crippen LogP) is 0.205. The first kappa shape index (κ1) is 7.28. The highest BCUT2D eigenvalue weighted by atomic mass is 15.4. The molecule has 1 aliphatic rings. The van der Waals surface area contributed by atoms with Crippen LogP contribution >= 0.6 is 0 Å². The van der Waals surface area contributed by atoms with E-state index in [1.807, 2.05) is 6.07 Å². The molecular formula is C6H7N5. The van der Waals surface area contributed by atoms with Crippen molar-refractivity contribution < 1.29 is 0 Å². The predicted molar refractivity (Wildman–Crippen MR) is 38.8 cm³/mol. The SMILES string of the molecule is N#CC1=CC=CNC1N=NN. The van der Waals surface area contributed by atoms with Crippen molar-refractivity contribution in [3.63, 3.8) is 0 Å². The molecule has 1 aliphatic heterocycles. The maximum atomic E-state index is 8.55. The van der Waals surface area contributed by atoms with E-state index in [0.29, 0.717) is 5.57 Å². The minimum absolute atomic E-state index is 0.421. The molecule has 5 heteroatoms. The largest absolute Gasteiger partial charge is 0.364 e. The number of allylic oxidation sites excluding steroid dienone is 2. The van der Waals surface area contributed by atoms with E-state index in [2.05, 4.69) is 15.7 Å². The molecule has 0 amide bonds. The smallest absolute Gasteiger partial charge is 0.177 e. The second kappa shape index (κ2) is 3.37. The van der Waals surface area contributed by atoms with Crippen molar-refractivity contribution in [2.24, 2.45) is 16.2 Å². The van der Waals surface area contributed by atoms with Gasteiger partial charge in [-0.15, -0.1) is 5.11 Å². The zero-order valence-corrected chi connectivity index (χ0v) is 5.73. The average Bonchev–Trinajstić information content (AvgIpc) is 2.06. The lowest BCUT2D eigenvalue weighted by Crippen LogP contribution is -2.25. The topological polar surface area (TPSA) is 86.6 Å². The Morgan fingerprint density at radius 2 is 2.55 bits per heavy atom. The number of hydrogen-bond acceptors (Lipinski definition) is 4. The van der Waals surface area contributed by atoms with E-state index in [9.17, 15) is 0 Å². The molecule has 56 valence electrons. The van der Waals surface area contributed by atoms with Gasteiger partial charge in [-0.1, -0.05) is 5.22 Å². The van der Waals surface area contributed by atoms with Gasteiger partial charge in [0.15, 0.2) is 6.17 Å². The van der Waals surface area contributed by atoms with Crippen LogP contribution in [0.1, 0.15) is 0 Å². The number of nitriles is 1. The van der Waals surface area contributed by atoms with Gasteiger partial charge in [0, 0.05) is 0 Å². The quantitative estimate of drug-likeness (QED) is 0.317. The molecule has 0 spiro atoms. The Morgan fingerprint density at radius 1 is 1.73 bits per heavy atom. The number of nitrogens with zero attached hydrogens (tertiary/aromatic N) is 3. The molecule has 0 bridgehead atoms. The molecular weight excluding hydrogens is 142 g/mol. The molecule has 0 aromatic heterocycles. The zero-order chi connectivity index (χ0) is 8.10. The summed E-state index contributed by atoms with van der Waals surface area (Å²) in [6.45, 7) is 0. The number of rotatable bonds is 1. The normalized spacial score (nSPS) is 22.5. The van der Waals surface area contributed by atoms with Crippen LogP contribution in [0, 0.1) is 11.3 Å². The Bertz CT molecular complexity index is 257. The maximum Gasteiger partial charge on any atom is 0.177 e. The van der Waals surface area contributed by atoms with Crippen LogP contribution in [-0.4, -0.2) is 6.17 Å². The molecule has 0 aromatic rings. The molecule has 0 saturated heterocycles. The molecule has 11 heavy (non-hydrogen) atoms. The van der Waals surface area contributed by atoms with Crippen molar-refractivity contribution in [3.8, 4) is 6.07 Å². The summed E-state index contributed by atoms with van der Waals surface area (Å²) in [6.07, 6.45) is 4.65. The van der Waals surface area contributed by atoms with Crippen molar-refractivity contribution in [2.45, 2.75) is 6.17 Å². The molecule has 1 atom stereocenters. The first-order valence-corrected chi connectivity index (χ1v) is 3.01. The van der Waals surface area contributed by atoms with Crippen LogP contribution in [0.3, 0.4) is 0 Å². The lowest BCUT2D eigenvalue weighted by Gasteiger charge is -2.11. The number of nitrogens with two attached hydrogens (primary N) is 1. The van der Waals surface area contributed by atoms with Crippen molar-refractivity contribution >= 4 is 0 Å². The van der Waals surface area contributed by atoms with Crippen LogP contribution in [0.5, 0.6) is 0 Å². The van der Waals surface area contributed by atoms with Crippen LogP contribution in [-0.2, 0) is 0 Å². The van der Waals surface area contributed by atoms with E-state index in [1.165, 1.54) is 0 Å². The maximum absolute atomic E-state index is 8.55. The van der Waals surface area contributed by atoms with Crippen molar-refractivity contribution in [1.29, 1.82) is 5.26 Å². The molecule has 3 N–H and O–H groups in total. The summed E-state index contributed by atoms with van der Waals surface area (Å²) in [4.78, 5) is 0. The summed E-state index contributed by atoms with van der Waals surface area (Å²) in [6, 6.07) is 1.98. The second-order valence-corrected chi connectivity index (χ2v) is 1.89. The second-order valence-electron chi connectivity index (χ2n) is 1.89. The van der Waals surface area contributed by atoms with E-state index in [0.717, 1.165) is 0 Å². The zero-order valence-electron chi connectivity index (χ0n) is 5.73. The van der Waals surface area contributed by atoms with Gasteiger partial charge in [-0.05, 0) is 18.4 Å². The Balaban J connectivity index is 2.77. The van der Waals surface area contributed by atoms with Crippen molar-refractivity contribution in [3.05, 3.63) is 23.9 Å². The molecule has 1 unspecified atom stereocenters. The number of nitrogens with one attached hydrogen (secondary N) is 1. The standard InChI is InChI=1S/C6H7N5/c7-4-5-2-1-3-9-6(5)10-11-8/h1-3,6,9H,(H2,8,10). The van der Waals surface area contributed by atoms with Gasteiger partial charge >= 0.3 is 0 Å². The van der Waals surface area contributed by atoms with E-state index >= 15 is 0 Å². The summed E-state index contributed by atoms with van der Waals surface area (Å²) >= 11 is 0. The molecule has 0 aromatic carbocycles. The van der Waals surface area contributed by atoms with Crippen molar-refractivity contribution in [2.75, 3.05) is 0 Å². The summed E-state index contributed by atoms with van der Waals surface area (Å²) in [5.74, 6) is 4.83. The summed E-state index contributed by atoms with van der Waals surface area (Å²) in [7, 11) is 0. The molecule has 0 saturated carbocycles. The molecule has 5 nitrogen and oxygen atoms in total. The fraction of sp³-hybridized carbons (Fsp3) is 0.167. The highest BCUT2D eigenvalue weighted by molar-refractivity contribution is 5.33. The third-order valence-electron chi connectivity index (χ3n) is 1.23. The van der Waals surface area contributed by atoms with Gasteiger partial charge in [-0.25, -0.2) is 0 Å². The van der Waals surface area contributed by atoms with Gasteiger partial charge in [0.1, 0.15) is 0 Å². The van der Waals surface area contributed by atoms with Crippen LogP contribution in [0.2, 0.25) is 0 Å². The van der Waals surface area contributed by atoms with Crippen LogP contribution in [0.4, 0.5) is 0 Å². The fourth-order valence-corrected chi connectivity index (χ4v) is 0.740. The highest BCUT2D eigenvalue weighted by Gasteiger charge is 2.12. The van der Waals surface area contributed by atoms with Gasteiger partial charge in [-0.3, -0.25) is 0 Å². The Morgan fingerprint density at radius 3 is 3.18 bits per heavy atom. The van der Waals surface area contributed by atoms with Crippen molar-refractivity contribution in [1.82, 2.24) is 5.32 Å². The van der Waals surface area contributed by atoms with Crippen LogP contribution in [0.15, 0.2) is 34.3 Å². The first-order valence-electron chi connectivity index (χ1n) is 3.01. The van der Waals surface area contributed by atoms with E-state index in [4.69, 9.17) is 11.1 Å². The number of dihydropyridines is 1. The number of hydrogen-bond donors (Lipinski definition) is 2. The molecule has 0 fully saturated rings. The van der Waals surface area contributed by atoms with Gasteiger partial charge < -0.3 is 11.2 Å². The third kappa shape index (κ3) is 1.55. The third-order valence-corrected chi connectivity index (χ3v) is 1.23.